The largest absolute Gasteiger partial charge is 0.494 e. The molecule has 0 aromatic heterocycles. The van der Waals surface area contributed by atoms with Crippen LogP contribution in [0.2, 0.25) is 0 Å². The molecule has 23 heavy (non-hydrogen) atoms. The number of hydrogen-bond acceptors (Lipinski definition) is 6. The van der Waals surface area contributed by atoms with Gasteiger partial charge in [-0.3, -0.25) is 14.9 Å². The van der Waals surface area contributed by atoms with E-state index in [1.54, 1.807) is 6.92 Å². The molecule has 0 aliphatic carbocycles. The van der Waals surface area contributed by atoms with E-state index in [1.807, 2.05) is 36.5 Å². The van der Waals surface area contributed by atoms with Crippen molar-refractivity contribution in [1.82, 2.24) is 5.32 Å². The average Bonchev–Trinajstić information content (AvgIpc) is 2.50. The first-order valence-corrected chi connectivity index (χ1v) is 7.33. The van der Waals surface area contributed by atoms with E-state index in [9.17, 15) is 14.4 Å². The fourth-order valence-electron chi connectivity index (χ4n) is 1.65. The number of hydrogen-bond donors (Lipinski definition) is 1. The lowest BCUT2D eigenvalue weighted by Gasteiger charge is -2.07. The first-order valence-electron chi connectivity index (χ1n) is 7.33. The van der Waals surface area contributed by atoms with Crippen molar-refractivity contribution in [1.29, 1.82) is 0 Å². The van der Waals surface area contributed by atoms with Crippen LogP contribution in [-0.2, 0) is 19.1 Å². The minimum Gasteiger partial charge on any atom is -0.494 e. The number of alkyl carbamates (subject to hydrolysis) is 1. The number of nitrogens with one attached hydrogen (secondary N) is 1. The molecule has 1 aromatic carbocycles. The summed E-state index contributed by atoms with van der Waals surface area (Å²) in [4.78, 5) is 33.7. The van der Waals surface area contributed by atoms with Gasteiger partial charge < -0.3 is 14.2 Å². The van der Waals surface area contributed by atoms with E-state index >= 15 is 0 Å². The van der Waals surface area contributed by atoms with Crippen LogP contribution in [-0.4, -0.2) is 37.8 Å². The highest BCUT2D eigenvalue weighted by molar-refractivity contribution is 5.93. The van der Waals surface area contributed by atoms with Gasteiger partial charge >= 0.3 is 12.1 Å². The average molecular weight is 323 g/mol. The minimum absolute atomic E-state index is 0.124. The van der Waals surface area contributed by atoms with Crippen molar-refractivity contribution in [3.8, 4) is 5.75 Å². The van der Waals surface area contributed by atoms with Crippen LogP contribution in [0.25, 0.3) is 0 Å². The Hall–Kier alpha value is -2.57. The number of carbonyl (C=O) groups is 3. The Bertz CT molecular complexity index is 543. The van der Waals surface area contributed by atoms with E-state index in [2.05, 4.69) is 4.74 Å². The molecule has 0 radical (unpaired) electrons. The van der Waals surface area contributed by atoms with Gasteiger partial charge in [0, 0.05) is 6.42 Å². The van der Waals surface area contributed by atoms with E-state index in [0.29, 0.717) is 13.0 Å². The van der Waals surface area contributed by atoms with Crippen LogP contribution in [0.5, 0.6) is 5.75 Å². The highest BCUT2D eigenvalue weighted by Gasteiger charge is 2.11. The summed E-state index contributed by atoms with van der Waals surface area (Å²) in [5, 5.41) is 1.93. The van der Waals surface area contributed by atoms with Crippen LogP contribution in [0.3, 0.4) is 0 Å². The van der Waals surface area contributed by atoms with Gasteiger partial charge in [-0.05, 0) is 38.0 Å². The second-order valence-corrected chi connectivity index (χ2v) is 4.70. The summed E-state index contributed by atoms with van der Waals surface area (Å²) in [6, 6.07) is 7.59. The summed E-state index contributed by atoms with van der Waals surface area (Å²) in [6.07, 6.45) is -0.273. The molecule has 0 fully saturated rings. The van der Waals surface area contributed by atoms with Crippen LogP contribution < -0.4 is 10.1 Å². The third kappa shape index (κ3) is 8.45. The Labute approximate surface area is 134 Å². The number of benzene rings is 1. The molecule has 7 nitrogen and oxygen atoms in total. The molecule has 0 aliphatic rings. The molecule has 0 saturated carbocycles. The Kier molecular flexibility index (Phi) is 8.20. The Morgan fingerprint density at radius 2 is 1.96 bits per heavy atom. The summed E-state index contributed by atoms with van der Waals surface area (Å²) >= 11 is 0. The predicted molar refractivity (Wildman–Crippen MR) is 82.0 cm³/mol. The molecule has 0 aliphatic heterocycles. The number of ether oxygens (including phenoxy) is 3. The van der Waals surface area contributed by atoms with Crippen LogP contribution in [0, 0.1) is 6.92 Å². The third-order valence-electron chi connectivity index (χ3n) is 2.66. The summed E-state index contributed by atoms with van der Waals surface area (Å²) in [6.45, 7) is 3.58. The number of esters is 1. The molecule has 0 unspecified atom stereocenters. The molecule has 0 spiro atoms. The lowest BCUT2D eigenvalue weighted by atomic mass is 10.2. The zero-order valence-corrected chi connectivity index (χ0v) is 13.3. The van der Waals surface area contributed by atoms with Gasteiger partial charge in [-0.25, -0.2) is 4.79 Å². The topological polar surface area (TPSA) is 90.9 Å². The van der Waals surface area contributed by atoms with E-state index in [1.165, 1.54) is 0 Å². The van der Waals surface area contributed by atoms with Gasteiger partial charge in [0.05, 0.1) is 13.2 Å². The van der Waals surface area contributed by atoms with Gasteiger partial charge in [0.25, 0.3) is 5.91 Å². The summed E-state index contributed by atoms with van der Waals surface area (Å²) in [7, 11) is 0. The Morgan fingerprint density at radius 1 is 1.17 bits per heavy atom. The van der Waals surface area contributed by atoms with Gasteiger partial charge in [-0.1, -0.05) is 12.1 Å². The highest BCUT2D eigenvalue weighted by atomic mass is 16.6. The van der Waals surface area contributed by atoms with E-state index in [-0.39, 0.29) is 13.0 Å². The van der Waals surface area contributed by atoms with Crippen molar-refractivity contribution < 1.29 is 28.6 Å². The first kappa shape index (κ1) is 18.5. The molecule has 1 N–H and O–H groups in total. The number of rotatable bonds is 8. The number of imide groups is 1. The van der Waals surface area contributed by atoms with E-state index in [4.69, 9.17) is 9.47 Å². The van der Waals surface area contributed by atoms with Crippen LogP contribution in [0.4, 0.5) is 4.79 Å². The fourth-order valence-corrected chi connectivity index (χ4v) is 1.65. The highest BCUT2D eigenvalue weighted by Crippen LogP contribution is 2.12. The number of carbonyl (C=O) groups excluding carboxylic acids is 3. The lowest BCUT2D eigenvalue weighted by molar-refractivity contribution is -0.148. The van der Waals surface area contributed by atoms with E-state index in [0.717, 1.165) is 11.3 Å². The maximum absolute atomic E-state index is 11.5. The van der Waals surface area contributed by atoms with Gasteiger partial charge in [0.15, 0.2) is 6.61 Å². The molecular formula is C16H21NO6. The van der Waals surface area contributed by atoms with Crippen LogP contribution >= 0.6 is 0 Å². The lowest BCUT2D eigenvalue weighted by Crippen LogP contribution is -2.34. The van der Waals surface area contributed by atoms with Crippen molar-refractivity contribution in [2.45, 2.75) is 26.7 Å². The molecule has 0 atom stereocenters. The SMILES string of the molecule is CCOC(=O)NC(=O)COC(=O)CCCOc1cccc(C)c1. The number of aryl methyl sites for hydroxylation is 1. The standard InChI is InChI=1S/C16H21NO6/c1-3-21-16(20)17-14(18)11-23-15(19)8-5-9-22-13-7-4-6-12(2)10-13/h4,6-7,10H,3,5,8-9,11H2,1-2H3,(H,17,18,20). The van der Waals surface area contributed by atoms with Crippen LogP contribution in [0.1, 0.15) is 25.3 Å². The molecular weight excluding hydrogens is 302 g/mol. The van der Waals surface area contributed by atoms with Gasteiger partial charge in [-0.2, -0.15) is 0 Å². The van der Waals surface area contributed by atoms with Crippen molar-refractivity contribution in [2.24, 2.45) is 0 Å². The second kappa shape index (κ2) is 10.2. The summed E-state index contributed by atoms with van der Waals surface area (Å²) < 4.78 is 14.8. The maximum atomic E-state index is 11.5. The molecule has 0 bridgehead atoms. The van der Waals surface area contributed by atoms with Gasteiger partial charge in [0.1, 0.15) is 5.75 Å². The van der Waals surface area contributed by atoms with Crippen LogP contribution in [0.15, 0.2) is 24.3 Å². The molecule has 126 valence electrons. The molecule has 7 heteroatoms. The molecule has 2 amide bonds. The quantitative estimate of drug-likeness (QED) is 0.581. The third-order valence-corrected chi connectivity index (χ3v) is 2.66. The Morgan fingerprint density at radius 3 is 2.65 bits per heavy atom. The second-order valence-electron chi connectivity index (χ2n) is 4.70. The zero-order valence-electron chi connectivity index (χ0n) is 13.3. The monoisotopic (exact) mass is 323 g/mol. The molecule has 0 heterocycles. The summed E-state index contributed by atoms with van der Waals surface area (Å²) in [5.74, 6) is -0.517. The van der Waals surface area contributed by atoms with Gasteiger partial charge in [-0.15, -0.1) is 0 Å². The zero-order chi connectivity index (χ0) is 17.1. The Balaban J connectivity index is 2.12. The predicted octanol–water partition coefficient (Wildman–Crippen LogP) is 1.97. The molecule has 1 rings (SSSR count). The minimum atomic E-state index is -0.861. The van der Waals surface area contributed by atoms with Gasteiger partial charge in [0.2, 0.25) is 0 Å². The molecule has 0 saturated heterocycles. The smallest absolute Gasteiger partial charge is 0.413 e. The summed E-state index contributed by atoms with van der Waals surface area (Å²) in [5.41, 5.74) is 1.09. The van der Waals surface area contributed by atoms with Crippen molar-refractivity contribution in [3.05, 3.63) is 29.8 Å². The first-order chi connectivity index (χ1) is 11.0. The van der Waals surface area contributed by atoms with Crippen molar-refractivity contribution in [2.75, 3.05) is 19.8 Å². The van der Waals surface area contributed by atoms with Crippen molar-refractivity contribution >= 4 is 18.0 Å². The van der Waals surface area contributed by atoms with E-state index < -0.39 is 24.6 Å². The number of amides is 2. The molecule has 1 aromatic rings. The van der Waals surface area contributed by atoms with Crippen molar-refractivity contribution in [3.63, 3.8) is 0 Å². The fraction of sp³-hybridized carbons (Fsp3) is 0.438. The normalized spacial score (nSPS) is 9.83. The maximum Gasteiger partial charge on any atom is 0.413 e.